The van der Waals surface area contributed by atoms with Crippen molar-refractivity contribution in [2.75, 3.05) is 13.2 Å². The first-order chi connectivity index (χ1) is 11.4. The topological polar surface area (TPSA) is 91.1 Å². The van der Waals surface area contributed by atoms with E-state index in [1.807, 2.05) is 57.2 Å². The van der Waals surface area contributed by atoms with E-state index in [0.29, 0.717) is 12.4 Å². The van der Waals surface area contributed by atoms with Crippen molar-refractivity contribution in [3.05, 3.63) is 42.1 Å². The molecule has 2 N–H and O–H groups in total. The second-order valence-electron chi connectivity index (χ2n) is 6.49. The maximum absolute atomic E-state index is 10.0. The van der Waals surface area contributed by atoms with Gasteiger partial charge < -0.3 is 15.2 Å². The van der Waals surface area contributed by atoms with Crippen molar-refractivity contribution in [2.45, 2.75) is 32.4 Å². The van der Waals surface area contributed by atoms with Crippen molar-refractivity contribution in [2.24, 2.45) is 0 Å². The third-order valence-corrected chi connectivity index (χ3v) is 3.19. The monoisotopic (exact) mass is 326 g/mol. The summed E-state index contributed by atoms with van der Waals surface area (Å²) < 4.78 is 5.55. The summed E-state index contributed by atoms with van der Waals surface area (Å²) in [5.41, 5.74) is 0.987. The van der Waals surface area contributed by atoms with Gasteiger partial charge in [-0.2, -0.15) is 10.2 Å². The van der Waals surface area contributed by atoms with Crippen LogP contribution in [0.4, 0.5) is 0 Å². The molecule has 2 rings (SSSR count). The Morgan fingerprint density at radius 3 is 2.62 bits per heavy atom. The number of nitriles is 1. The minimum Gasteiger partial charge on any atom is -0.474 e. The zero-order chi connectivity index (χ0) is 17.6. The van der Waals surface area contributed by atoms with E-state index in [4.69, 9.17) is 4.74 Å². The smallest absolute Gasteiger partial charge is 0.235 e. The van der Waals surface area contributed by atoms with Crippen LogP contribution in [-0.2, 0) is 0 Å². The van der Waals surface area contributed by atoms with Gasteiger partial charge in [0.15, 0.2) is 5.82 Å². The molecule has 0 saturated heterocycles. The Kier molecular flexibility index (Phi) is 5.85. The summed E-state index contributed by atoms with van der Waals surface area (Å²) in [7, 11) is 0. The van der Waals surface area contributed by atoms with Crippen molar-refractivity contribution in [3.8, 4) is 23.3 Å². The van der Waals surface area contributed by atoms with E-state index in [2.05, 4.69) is 15.3 Å². The number of rotatable bonds is 6. The van der Waals surface area contributed by atoms with Gasteiger partial charge >= 0.3 is 0 Å². The summed E-state index contributed by atoms with van der Waals surface area (Å²) in [4.78, 5) is 8.49. The molecule has 0 radical (unpaired) electrons. The highest BCUT2D eigenvalue weighted by Crippen LogP contribution is 2.20. The van der Waals surface area contributed by atoms with Crippen molar-refractivity contribution >= 4 is 0 Å². The maximum Gasteiger partial charge on any atom is 0.235 e. The Morgan fingerprint density at radius 2 is 2.00 bits per heavy atom. The maximum atomic E-state index is 10.0. The lowest BCUT2D eigenvalue weighted by atomic mass is 10.1. The van der Waals surface area contributed by atoms with E-state index >= 15 is 0 Å². The van der Waals surface area contributed by atoms with E-state index in [0.717, 1.165) is 5.56 Å². The number of β-amino-alcohol motifs (C(OH)–C–C–N with tert-alkyl or cyclic N) is 1. The zero-order valence-electron chi connectivity index (χ0n) is 14.2. The zero-order valence-corrected chi connectivity index (χ0v) is 14.2. The molecule has 0 aliphatic heterocycles. The molecule has 0 bridgehead atoms. The summed E-state index contributed by atoms with van der Waals surface area (Å²) in [6.45, 7) is 6.49. The van der Waals surface area contributed by atoms with Crippen LogP contribution in [0.3, 0.4) is 0 Å². The number of aromatic nitrogens is 2. The second-order valence-corrected chi connectivity index (χ2v) is 6.49. The molecule has 0 aliphatic rings. The molecule has 6 nitrogen and oxygen atoms in total. The van der Waals surface area contributed by atoms with Crippen molar-refractivity contribution in [3.63, 3.8) is 0 Å². The number of aliphatic hydroxyl groups is 1. The van der Waals surface area contributed by atoms with Crippen LogP contribution in [0.15, 0.2) is 36.5 Å². The molecule has 1 atom stereocenters. The van der Waals surface area contributed by atoms with Gasteiger partial charge in [-0.1, -0.05) is 30.3 Å². The fourth-order valence-corrected chi connectivity index (χ4v) is 1.94. The van der Waals surface area contributed by atoms with Gasteiger partial charge in [0.2, 0.25) is 5.88 Å². The van der Waals surface area contributed by atoms with Gasteiger partial charge in [0, 0.05) is 17.6 Å². The first kappa shape index (κ1) is 17.9. The highest BCUT2D eigenvalue weighted by atomic mass is 16.5. The van der Waals surface area contributed by atoms with Crippen LogP contribution in [0, 0.1) is 11.3 Å². The molecule has 1 aromatic carbocycles. The van der Waals surface area contributed by atoms with Gasteiger partial charge in [-0.3, -0.25) is 0 Å². The lowest BCUT2D eigenvalue weighted by Crippen LogP contribution is -2.42. The first-order valence-electron chi connectivity index (χ1n) is 7.77. The molecular weight excluding hydrogens is 304 g/mol. The Bertz CT molecular complexity index is 705. The minimum absolute atomic E-state index is 0.0446. The van der Waals surface area contributed by atoms with Crippen molar-refractivity contribution in [1.82, 2.24) is 15.3 Å². The lowest BCUT2D eigenvalue weighted by molar-refractivity contribution is 0.0976. The predicted molar refractivity (Wildman–Crippen MR) is 91.4 cm³/mol. The third kappa shape index (κ3) is 5.30. The molecular formula is C18H22N4O2. The highest BCUT2D eigenvalue weighted by molar-refractivity contribution is 5.56. The van der Waals surface area contributed by atoms with E-state index < -0.39 is 6.10 Å². The van der Waals surface area contributed by atoms with E-state index in [-0.39, 0.29) is 23.6 Å². The van der Waals surface area contributed by atoms with E-state index in [9.17, 15) is 10.4 Å². The molecule has 1 unspecified atom stereocenters. The van der Waals surface area contributed by atoms with Crippen LogP contribution < -0.4 is 10.1 Å². The van der Waals surface area contributed by atoms with Crippen LogP contribution in [0.25, 0.3) is 11.4 Å². The van der Waals surface area contributed by atoms with Crippen LogP contribution in [-0.4, -0.2) is 39.9 Å². The quantitative estimate of drug-likeness (QED) is 0.845. The molecule has 0 spiro atoms. The van der Waals surface area contributed by atoms with Crippen LogP contribution in [0.5, 0.6) is 5.88 Å². The standard InChI is InChI=1S/C18H22N4O2/c1-18(2,3)21-11-15(23)12-24-17-14(9-19)10-20-16(22-17)13-7-5-4-6-8-13/h4-8,10,15,21,23H,11-12H2,1-3H3. The molecule has 0 fully saturated rings. The van der Waals surface area contributed by atoms with E-state index in [1.54, 1.807) is 0 Å². The number of hydrogen-bond acceptors (Lipinski definition) is 6. The number of nitrogens with one attached hydrogen (secondary N) is 1. The molecule has 0 amide bonds. The largest absolute Gasteiger partial charge is 0.474 e. The molecule has 0 aliphatic carbocycles. The normalized spacial score (nSPS) is 12.5. The first-order valence-corrected chi connectivity index (χ1v) is 7.77. The third-order valence-electron chi connectivity index (χ3n) is 3.19. The molecule has 1 heterocycles. The SMILES string of the molecule is CC(C)(C)NCC(O)COc1nc(-c2ccccc2)ncc1C#N. The van der Waals surface area contributed by atoms with Gasteiger partial charge in [0.05, 0.1) is 6.20 Å². The lowest BCUT2D eigenvalue weighted by Gasteiger charge is -2.22. The summed E-state index contributed by atoms with van der Waals surface area (Å²) in [6, 6.07) is 11.5. The number of ether oxygens (including phenoxy) is 1. The van der Waals surface area contributed by atoms with Gasteiger partial charge in [0.25, 0.3) is 0 Å². The number of aliphatic hydroxyl groups excluding tert-OH is 1. The van der Waals surface area contributed by atoms with Crippen molar-refractivity contribution in [1.29, 1.82) is 5.26 Å². The number of nitrogens with zero attached hydrogens (tertiary/aromatic N) is 3. The van der Waals surface area contributed by atoms with Crippen LogP contribution >= 0.6 is 0 Å². The molecule has 126 valence electrons. The highest BCUT2D eigenvalue weighted by Gasteiger charge is 2.15. The Morgan fingerprint density at radius 1 is 1.29 bits per heavy atom. The summed E-state index contributed by atoms with van der Waals surface area (Å²) in [5.74, 6) is 0.660. The van der Waals surface area contributed by atoms with Gasteiger partial charge in [-0.05, 0) is 20.8 Å². The molecule has 24 heavy (non-hydrogen) atoms. The fraction of sp³-hybridized carbons (Fsp3) is 0.389. The van der Waals surface area contributed by atoms with E-state index in [1.165, 1.54) is 6.20 Å². The number of benzene rings is 1. The Balaban J connectivity index is 2.07. The summed E-state index contributed by atoms with van der Waals surface area (Å²) >= 11 is 0. The Hall–Kier alpha value is -2.49. The second kappa shape index (κ2) is 7.86. The Labute approximate surface area is 142 Å². The fourth-order valence-electron chi connectivity index (χ4n) is 1.94. The van der Waals surface area contributed by atoms with Crippen molar-refractivity contribution < 1.29 is 9.84 Å². The van der Waals surface area contributed by atoms with Crippen LogP contribution in [0.1, 0.15) is 26.3 Å². The molecule has 2 aromatic rings. The molecule has 1 aromatic heterocycles. The average Bonchev–Trinajstić information content (AvgIpc) is 2.58. The number of hydrogen-bond donors (Lipinski definition) is 2. The summed E-state index contributed by atoms with van der Waals surface area (Å²) in [6.07, 6.45) is 0.732. The van der Waals surface area contributed by atoms with Gasteiger partial charge in [0.1, 0.15) is 24.3 Å². The molecule has 6 heteroatoms. The van der Waals surface area contributed by atoms with Crippen LogP contribution in [0.2, 0.25) is 0 Å². The predicted octanol–water partition coefficient (Wildman–Crippen LogP) is 2.14. The average molecular weight is 326 g/mol. The van der Waals surface area contributed by atoms with Gasteiger partial charge in [-0.15, -0.1) is 0 Å². The molecule has 0 saturated carbocycles. The summed E-state index contributed by atoms with van der Waals surface area (Å²) in [5, 5.41) is 22.4. The van der Waals surface area contributed by atoms with Gasteiger partial charge in [-0.25, -0.2) is 4.98 Å². The minimum atomic E-state index is -0.703.